The zero-order valence-corrected chi connectivity index (χ0v) is 7.97. The van der Waals surface area contributed by atoms with Gasteiger partial charge in [0.1, 0.15) is 0 Å². The van der Waals surface area contributed by atoms with Gasteiger partial charge in [0, 0.05) is 5.41 Å². The minimum Gasteiger partial charge on any atom is -0.479 e. The van der Waals surface area contributed by atoms with Crippen LogP contribution in [0.3, 0.4) is 0 Å². The van der Waals surface area contributed by atoms with Gasteiger partial charge in [-0.3, -0.25) is 0 Å². The number of carboxylic acids is 2. The highest BCUT2D eigenvalue weighted by Gasteiger charge is 2.46. The van der Waals surface area contributed by atoms with Gasteiger partial charge in [0.2, 0.25) is 0 Å². The van der Waals surface area contributed by atoms with E-state index in [2.05, 4.69) is 0 Å². The molecule has 0 amide bonds. The molecule has 0 aliphatic rings. The maximum atomic E-state index is 10.5. The molecule has 0 heterocycles. The molecule has 0 radical (unpaired) electrons. The van der Waals surface area contributed by atoms with Crippen LogP contribution in [0.5, 0.6) is 0 Å². The highest BCUT2D eigenvalue weighted by atomic mass is 16.4. The van der Waals surface area contributed by atoms with Gasteiger partial charge in [-0.2, -0.15) is 0 Å². The van der Waals surface area contributed by atoms with Gasteiger partial charge in [0.25, 0.3) is 0 Å². The topological polar surface area (TPSA) is 115 Å². The summed E-state index contributed by atoms with van der Waals surface area (Å²) in [5.41, 5.74) is -1.59. The van der Waals surface area contributed by atoms with Crippen molar-refractivity contribution in [1.82, 2.24) is 0 Å². The third-order valence-electron chi connectivity index (χ3n) is 2.48. The van der Waals surface area contributed by atoms with Gasteiger partial charge in [-0.1, -0.05) is 13.8 Å². The van der Waals surface area contributed by atoms with Crippen molar-refractivity contribution < 1.29 is 30.0 Å². The lowest BCUT2D eigenvalue weighted by molar-refractivity contribution is -0.171. The molecule has 0 aromatic carbocycles. The first-order valence-corrected chi connectivity index (χ1v) is 4.09. The van der Waals surface area contributed by atoms with E-state index in [4.69, 9.17) is 10.2 Å². The highest BCUT2D eigenvalue weighted by Crippen LogP contribution is 2.30. The quantitative estimate of drug-likeness (QED) is 0.472. The van der Waals surface area contributed by atoms with Gasteiger partial charge in [-0.05, 0) is 6.42 Å². The van der Waals surface area contributed by atoms with E-state index >= 15 is 0 Å². The fourth-order valence-electron chi connectivity index (χ4n) is 1.10. The van der Waals surface area contributed by atoms with Crippen LogP contribution in [0.15, 0.2) is 0 Å². The molecule has 6 heteroatoms. The molecule has 0 saturated carbocycles. The molecule has 0 spiro atoms. The fourth-order valence-corrected chi connectivity index (χ4v) is 1.10. The molecule has 0 aliphatic heterocycles. The summed E-state index contributed by atoms with van der Waals surface area (Å²) in [6, 6.07) is 0. The lowest BCUT2D eigenvalue weighted by atomic mass is 9.76. The van der Waals surface area contributed by atoms with E-state index in [0.29, 0.717) is 0 Å². The number of hydrogen-bond acceptors (Lipinski definition) is 4. The molecule has 4 N–H and O–H groups in total. The van der Waals surface area contributed by atoms with Gasteiger partial charge in [0.05, 0.1) is 0 Å². The largest absolute Gasteiger partial charge is 0.479 e. The van der Waals surface area contributed by atoms with Gasteiger partial charge in [-0.25, -0.2) is 9.59 Å². The third-order valence-corrected chi connectivity index (χ3v) is 2.48. The first-order valence-electron chi connectivity index (χ1n) is 4.09. The number of rotatable bonds is 5. The molecule has 2 unspecified atom stereocenters. The normalized spacial score (nSPS) is 19.4. The molecule has 0 rings (SSSR count). The molecule has 0 bridgehead atoms. The smallest absolute Gasteiger partial charge is 0.333 e. The summed E-state index contributed by atoms with van der Waals surface area (Å²) in [7, 11) is 0. The monoisotopic (exact) mass is 206 g/mol. The predicted octanol–water partition coefficient (Wildman–Crippen LogP) is -0.706. The van der Waals surface area contributed by atoms with E-state index in [9.17, 15) is 19.8 Å². The average Bonchev–Trinajstić information content (AvgIpc) is 2.13. The summed E-state index contributed by atoms with van der Waals surface area (Å²) in [5.74, 6) is -3.09. The number of aliphatic carboxylic acids is 2. The number of aliphatic hydroxyl groups is 2. The van der Waals surface area contributed by atoms with Crippen molar-refractivity contribution >= 4 is 11.9 Å². The number of carboxylic acid groups (broad SMARTS) is 2. The number of aliphatic hydroxyl groups excluding tert-OH is 2. The van der Waals surface area contributed by atoms with E-state index in [1.54, 1.807) is 0 Å². The summed E-state index contributed by atoms with van der Waals surface area (Å²) in [6.45, 7) is 2.71. The van der Waals surface area contributed by atoms with Crippen molar-refractivity contribution in [3.8, 4) is 0 Å². The van der Waals surface area contributed by atoms with Crippen LogP contribution < -0.4 is 0 Å². The first-order chi connectivity index (χ1) is 6.27. The Morgan fingerprint density at radius 1 is 1.14 bits per heavy atom. The summed E-state index contributed by atoms with van der Waals surface area (Å²) < 4.78 is 0. The molecule has 0 aliphatic carbocycles. The SMILES string of the molecule is CCC(C)(C(O)C(=O)O)C(O)C(=O)O. The Morgan fingerprint density at radius 2 is 1.43 bits per heavy atom. The van der Waals surface area contributed by atoms with Crippen LogP contribution >= 0.6 is 0 Å². The van der Waals surface area contributed by atoms with Crippen LogP contribution in [-0.2, 0) is 9.59 Å². The predicted molar refractivity (Wildman–Crippen MR) is 45.7 cm³/mol. The van der Waals surface area contributed by atoms with Crippen LogP contribution in [0.1, 0.15) is 20.3 Å². The van der Waals surface area contributed by atoms with E-state index < -0.39 is 29.6 Å². The summed E-state index contributed by atoms with van der Waals surface area (Å²) in [5, 5.41) is 35.5. The van der Waals surface area contributed by atoms with Gasteiger partial charge < -0.3 is 20.4 Å². The second kappa shape index (κ2) is 4.39. The number of carbonyl (C=O) groups is 2. The van der Waals surface area contributed by atoms with Crippen molar-refractivity contribution in [2.45, 2.75) is 32.5 Å². The van der Waals surface area contributed by atoms with Crippen LogP contribution in [0, 0.1) is 5.41 Å². The molecule has 0 aromatic heterocycles. The van der Waals surface area contributed by atoms with Crippen LogP contribution in [0.25, 0.3) is 0 Å². The molecule has 0 aromatic rings. The Kier molecular flexibility index (Phi) is 4.03. The molecule has 0 saturated heterocycles. The van der Waals surface area contributed by atoms with Gasteiger partial charge in [-0.15, -0.1) is 0 Å². The average molecular weight is 206 g/mol. The van der Waals surface area contributed by atoms with E-state index in [1.165, 1.54) is 13.8 Å². The molecule has 14 heavy (non-hydrogen) atoms. The van der Waals surface area contributed by atoms with Crippen molar-refractivity contribution in [3.05, 3.63) is 0 Å². The van der Waals surface area contributed by atoms with Crippen molar-refractivity contribution in [2.75, 3.05) is 0 Å². The maximum absolute atomic E-state index is 10.5. The van der Waals surface area contributed by atoms with Crippen LogP contribution in [-0.4, -0.2) is 44.6 Å². The Hall–Kier alpha value is -1.14. The Morgan fingerprint density at radius 3 is 1.57 bits per heavy atom. The second-order valence-corrected chi connectivity index (χ2v) is 3.34. The summed E-state index contributed by atoms with van der Waals surface area (Å²) in [4.78, 5) is 21.0. The van der Waals surface area contributed by atoms with Crippen molar-refractivity contribution in [3.63, 3.8) is 0 Å². The third kappa shape index (κ3) is 2.21. The van der Waals surface area contributed by atoms with Crippen molar-refractivity contribution in [2.24, 2.45) is 5.41 Å². The lowest BCUT2D eigenvalue weighted by Gasteiger charge is -2.33. The Labute approximate surface area is 80.8 Å². The highest BCUT2D eigenvalue weighted by molar-refractivity contribution is 5.78. The Balaban J connectivity index is 4.96. The first kappa shape index (κ1) is 12.9. The lowest BCUT2D eigenvalue weighted by Crippen LogP contribution is -2.49. The number of hydrogen-bond donors (Lipinski definition) is 4. The van der Waals surface area contributed by atoms with Crippen molar-refractivity contribution in [1.29, 1.82) is 0 Å². The van der Waals surface area contributed by atoms with E-state index in [-0.39, 0.29) is 6.42 Å². The second-order valence-electron chi connectivity index (χ2n) is 3.34. The molecular formula is C8H14O6. The molecule has 6 nitrogen and oxygen atoms in total. The zero-order valence-electron chi connectivity index (χ0n) is 7.97. The van der Waals surface area contributed by atoms with E-state index in [0.717, 1.165) is 0 Å². The molecular weight excluding hydrogens is 192 g/mol. The minimum atomic E-state index is -1.90. The standard InChI is InChI=1S/C8H14O6/c1-3-8(2,4(9)6(11)12)5(10)7(13)14/h4-5,9-10H,3H2,1-2H3,(H,11,12)(H,13,14). The fraction of sp³-hybridized carbons (Fsp3) is 0.750. The molecule has 82 valence electrons. The van der Waals surface area contributed by atoms with Gasteiger partial charge in [0.15, 0.2) is 12.2 Å². The summed E-state index contributed by atoms with van der Waals surface area (Å²) in [6.07, 6.45) is -3.77. The molecule has 2 atom stereocenters. The minimum absolute atomic E-state index is 0.0356. The van der Waals surface area contributed by atoms with Gasteiger partial charge >= 0.3 is 11.9 Å². The Bertz CT molecular complexity index is 216. The van der Waals surface area contributed by atoms with Crippen LogP contribution in [0.4, 0.5) is 0 Å². The van der Waals surface area contributed by atoms with E-state index in [1.807, 2.05) is 0 Å². The molecule has 0 fully saturated rings. The summed E-state index contributed by atoms with van der Waals surface area (Å²) >= 11 is 0. The zero-order chi connectivity index (χ0) is 11.5. The maximum Gasteiger partial charge on any atom is 0.333 e. The van der Waals surface area contributed by atoms with Crippen LogP contribution in [0.2, 0.25) is 0 Å².